The van der Waals surface area contributed by atoms with Crippen molar-refractivity contribution >= 4 is 11.0 Å². The van der Waals surface area contributed by atoms with Crippen molar-refractivity contribution in [3.63, 3.8) is 0 Å². The van der Waals surface area contributed by atoms with Gasteiger partial charge in [0.1, 0.15) is 5.82 Å². The molecule has 3 aromatic rings. The molecule has 0 aliphatic heterocycles. The second-order valence-corrected chi connectivity index (χ2v) is 5.89. The first-order chi connectivity index (χ1) is 10.8. The van der Waals surface area contributed by atoms with Crippen molar-refractivity contribution in [3.8, 4) is 11.4 Å². The quantitative estimate of drug-likeness (QED) is 0.727. The van der Waals surface area contributed by atoms with E-state index < -0.39 is 0 Å². The number of nitrogens with one attached hydrogen (secondary N) is 1. The molecule has 0 saturated carbocycles. The average Bonchev–Trinajstić information content (AvgIpc) is 2.97. The highest BCUT2D eigenvalue weighted by atomic mass is 15.1. The molecule has 0 aliphatic rings. The number of hydrogen-bond donors (Lipinski definition) is 1. The van der Waals surface area contributed by atoms with Gasteiger partial charge in [0.05, 0.1) is 11.0 Å². The summed E-state index contributed by atoms with van der Waals surface area (Å²) in [7, 11) is 2.18. The normalized spacial score (nSPS) is 11.4. The lowest BCUT2D eigenvalue weighted by Gasteiger charge is -2.16. The molecule has 1 aromatic heterocycles. The summed E-state index contributed by atoms with van der Waals surface area (Å²) < 4.78 is 0. The van der Waals surface area contributed by atoms with Gasteiger partial charge in [0.2, 0.25) is 0 Å². The average molecular weight is 293 g/mol. The van der Waals surface area contributed by atoms with E-state index in [0.717, 1.165) is 35.5 Å². The minimum atomic E-state index is 0.937. The van der Waals surface area contributed by atoms with E-state index in [1.54, 1.807) is 0 Å². The Morgan fingerprint density at radius 1 is 1.05 bits per heavy atom. The summed E-state index contributed by atoms with van der Waals surface area (Å²) in [5.41, 5.74) is 4.58. The SMILES string of the molecule is CCCCN(C)Cc1ccc(-c2nc3ccccc3[nH]2)cc1. The van der Waals surface area contributed by atoms with Crippen LogP contribution >= 0.6 is 0 Å². The molecule has 0 saturated heterocycles. The molecule has 1 heterocycles. The van der Waals surface area contributed by atoms with Crippen LogP contribution in [-0.2, 0) is 6.54 Å². The van der Waals surface area contributed by atoms with Crippen molar-refractivity contribution in [3.05, 3.63) is 54.1 Å². The number of imidazole rings is 1. The number of unbranched alkanes of at least 4 members (excludes halogenated alkanes) is 1. The number of hydrogen-bond acceptors (Lipinski definition) is 2. The van der Waals surface area contributed by atoms with Gasteiger partial charge in [0.25, 0.3) is 0 Å². The molecule has 114 valence electrons. The molecule has 0 atom stereocenters. The smallest absolute Gasteiger partial charge is 0.138 e. The van der Waals surface area contributed by atoms with Gasteiger partial charge < -0.3 is 9.88 Å². The van der Waals surface area contributed by atoms with Crippen LogP contribution in [-0.4, -0.2) is 28.5 Å². The Morgan fingerprint density at radius 2 is 1.82 bits per heavy atom. The molecule has 1 N–H and O–H groups in total. The van der Waals surface area contributed by atoms with E-state index in [0.29, 0.717) is 0 Å². The Balaban J connectivity index is 1.73. The molecule has 0 amide bonds. The molecular weight excluding hydrogens is 270 g/mol. The topological polar surface area (TPSA) is 31.9 Å². The maximum absolute atomic E-state index is 4.65. The Bertz CT molecular complexity index is 695. The van der Waals surface area contributed by atoms with E-state index in [4.69, 9.17) is 0 Å². The van der Waals surface area contributed by atoms with E-state index in [1.165, 1.54) is 18.4 Å². The lowest BCUT2D eigenvalue weighted by atomic mass is 10.1. The van der Waals surface area contributed by atoms with Gasteiger partial charge in [0.15, 0.2) is 0 Å². The largest absolute Gasteiger partial charge is 0.338 e. The third-order valence-electron chi connectivity index (χ3n) is 3.96. The predicted octanol–water partition coefficient (Wildman–Crippen LogP) is 4.46. The van der Waals surface area contributed by atoms with Gasteiger partial charge in [-0.3, -0.25) is 0 Å². The van der Waals surface area contributed by atoms with Gasteiger partial charge >= 0.3 is 0 Å². The zero-order valence-corrected chi connectivity index (χ0v) is 13.3. The molecule has 22 heavy (non-hydrogen) atoms. The van der Waals surface area contributed by atoms with Crippen LogP contribution in [0.1, 0.15) is 25.3 Å². The van der Waals surface area contributed by atoms with Crippen LogP contribution in [0, 0.1) is 0 Å². The summed E-state index contributed by atoms with van der Waals surface area (Å²) in [6, 6.07) is 16.8. The molecule has 3 heteroatoms. The number of rotatable bonds is 6. The number of H-pyrrole nitrogens is 1. The molecular formula is C19H23N3. The van der Waals surface area contributed by atoms with Gasteiger partial charge in [-0.2, -0.15) is 0 Å². The summed E-state index contributed by atoms with van der Waals surface area (Å²) in [5.74, 6) is 0.937. The van der Waals surface area contributed by atoms with Crippen molar-refractivity contribution < 1.29 is 0 Å². The van der Waals surface area contributed by atoms with Gasteiger partial charge in [-0.25, -0.2) is 4.98 Å². The Labute approximate surface area is 132 Å². The van der Waals surface area contributed by atoms with Crippen LogP contribution in [0.25, 0.3) is 22.4 Å². The fourth-order valence-corrected chi connectivity index (χ4v) is 2.68. The van der Waals surface area contributed by atoms with Crippen molar-refractivity contribution in [1.82, 2.24) is 14.9 Å². The minimum Gasteiger partial charge on any atom is -0.338 e. The van der Waals surface area contributed by atoms with Crippen molar-refractivity contribution in [1.29, 1.82) is 0 Å². The van der Waals surface area contributed by atoms with Crippen molar-refractivity contribution in [2.75, 3.05) is 13.6 Å². The number of nitrogens with zero attached hydrogens (tertiary/aromatic N) is 2. The molecule has 0 unspecified atom stereocenters. The fraction of sp³-hybridized carbons (Fsp3) is 0.316. The van der Waals surface area contributed by atoms with E-state index in [1.807, 2.05) is 18.2 Å². The second-order valence-electron chi connectivity index (χ2n) is 5.89. The standard InChI is InChI=1S/C19H23N3/c1-3-4-13-22(2)14-15-9-11-16(12-10-15)19-20-17-7-5-6-8-18(17)21-19/h5-12H,3-4,13-14H2,1-2H3,(H,20,21). The van der Waals surface area contributed by atoms with E-state index in [-0.39, 0.29) is 0 Å². The maximum Gasteiger partial charge on any atom is 0.138 e. The summed E-state index contributed by atoms with van der Waals surface area (Å²) in [6.45, 7) is 4.39. The van der Waals surface area contributed by atoms with Gasteiger partial charge in [0, 0.05) is 12.1 Å². The highest BCUT2D eigenvalue weighted by Crippen LogP contribution is 2.21. The molecule has 0 bridgehead atoms. The monoisotopic (exact) mass is 293 g/mol. The molecule has 2 aromatic carbocycles. The first-order valence-corrected chi connectivity index (χ1v) is 7.99. The van der Waals surface area contributed by atoms with Crippen LogP contribution in [0.3, 0.4) is 0 Å². The van der Waals surface area contributed by atoms with Gasteiger partial charge in [-0.15, -0.1) is 0 Å². The number of benzene rings is 2. The Morgan fingerprint density at radius 3 is 2.55 bits per heavy atom. The molecule has 0 radical (unpaired) electrons. The molecule has 0 spiro atoms. The summed E-state index contributed by atoms with van der Waals surface area (Å²) in [5, 5.41) is 0. The number of fused-ring (bicyclic) bond motifs is 1. The third kappa shape index (κ3) is 3.37. The van der Waals surface area contributed by atoms with Crippen LogP contribution in [0.15, 0.2) is 48.5 Å². The third-order valence-corrected chi connectivity index (χ3v) is 3.96. The first-order valence-electron chi connectivity index (χ1n) is 7.99. The molecule has 0 aliphatic carbocycles. The Kier molecular flexibility index (Phi) is 4.54. The van der Waals surface area contributed by atoms with Gasteiger partial charge in [-0.05, 0) is 37.7 Å². The highest BCUT2D eigenvalue weighted by Gasteiger charge is 2.05. The van der Waals surface area contributed by atoms with Crippen LogP contribution in [0.2, 0.25) is 0 Å². The van der Waals surface area contributed by atoms with Crippen LogP contribution < -0.4 is 0 Å². The zero-order chi connectivity index (χ0) is 15.4. The van der Waals surface area contributed by atoms with Crippen molar-refractivity contribution in [2.24, 2.45) is 0 Å². The number of aromatic amines is 1. The first kappa shape index (κ1) is 14.8. The van der Waals surface area contributed by atoms with Gasteiger partial charge in [-0.1, -0.05) is 49.7 Å². The maximum atomic E-state index is 4.65. The summed E-state index contributed by atoms with van der Waals surface area (Å²) in [6.07, 6.45) is 2.50. The molecule has 3 nitrogen and oxygen atoms in total. The zero-order valence-electron chi connectivity index (χ0n) is 13.3. The van der Waals surface area contributed by atoms with E-state index in [9.17, 15) is 0 Å². The van der Waals surface area contributed by atoms with Crippen LogP contribution in [0.4, 0.5) is 0 Å². The lowest BCUT2D eigenvalue weighted by molar-refractivity contribution is 0.321. The van der Waals surface area contributed by atoms with Crippen LogP contribution in [0.5, 0.6) is 0 Å². The minimum absolute atomic E-state index is 0.937. The molecule has 3 rings (SSSR count). The lowest BCUT2D eigenvalue weighted by Crippen LogP contribution is -2.18. The number of aromatic nitrogens is 2. The summed E-state index contributed by atoms with van der Waals surface area (Å²) >= 11 is 0. The summed E-state index contributed by atoms with van der Waals surface area (Å²) in [4.78, 5) is 10.4. The predicted molar refractivity (Wildman–Crippen MR) is 92.8 cm³/mol. The van der Waals surface area contributed by atoms with E-state index in [2.05, 4.69) is 59.2 Å². The second kappa shape index (κ2) is 6.75. The fourth-order valence-electron chi connectivity index (χ4n) is 2.68. The Hall–Kier alpha value is -2.13. The highest BCUT2D eigenvalue weighted by molar-refractivity contribution is 5.79. The van der Waals surface area contributed by atoms with Crippen molar-refractivity contribution in [2.45, 2.75) is 26.3 Å². The molecule has 0 fully saturated rings. The van der Waals surface area contributed by atoms with E-state index >= 15 is 0 Å². The number of para-hydroxylation sites is 2.